The van der Waals surface area contributed by atoms with Crippen LogP contribution in [0.2, 0.25) is 0 Å². The minimum Gasteiger partial charge on any atom is -0.449 e. The van der Waals surface area contributed by atoms with E-state index in [0.29, 0.717) is 6.42 Å². The lowest BCUT2D eigenvalue weighted by Gasteiger charge is -2.34. The molecule has 0 unspecified atom stereocenters. The Balaban J connectivity index is 1.95. The lowest BCUT2D eigenvalue weighted by molar-refractivity contribution is -0.156. The van der Waals surface area contributed by atoms with Crippen LogP contribution in [0.15, 0.2) is 91.0 Å². The summed E-state index contributed by atoms with van der Waals surface area (Å²) in [5.41, 5.74) is 2.17. The van der Waals surface area contributed by atoms with Gasteiger partial charge in [-0.3, -0.25) is 4.79 Å². The van der Waals surface area contributed by atoms with Gasteiger partial charge in [-0.25, -0.2) is 0 Å². The highest BCUT2D eigenvalue weighted by atomic mass is 16.6. The van der Waals surface area contributed by atoms with Crippen molar-refractivity contribution in [3.63, 3.8) is 0 Å². The Kier molecular flexibility index (Phi) is 5.30. The third-order valence-electron chi connectivity index (χ3n) is 4.46. The highest BCUT2D eigenvalue weighted by Gasteiger charge is 2.36. The van der Waals surface area contributed by atoms with Crippen molar-refractivity contribution in [3.05, 3.63) is 108 Å². The molecule has 126 valence electrons. The number of esters is 1. The summed E-state index contributed by atoms with van der Waals surface area (Å²) in [7, 11) is 0. The van der Waals surface area contributed by atoms with Crippen LogP contribution in [0.5, 0.6) is 0 Å². The number of hydrogen-bond acceptors (Lipinski definition) is 2. The normalized spacial score (nSPS) is 11.1. The van der Waals surface area contributed by atoms with E-state index >= 15 is 0 Å². The topological polar surface area (TPSA) is 26.3 Å². The van der Waals surface area contributed by atoms with E-state index in [9.17, 15) is 4.79 Å². The Hall–Kier alpha value is -2.87. The minimum absolute atomic E-state index is 0.222. The molecule has 0 amide bonds. The molecule has 0 saturated heterocycles. The van der Waals surface area contributed by atoms with E-state index in [-0.39, 0.29) is 12.4 Å². The Morgan fingerprint density at radius 2 is 1.20 bits per heavy atom. The van der Waals surface area contributed by atoms with E-state index < -0.39 is 5.60 Å². The van der Waals surface area contributed by atoms with Gasteiger partial charge in [-0.1, -0.05) is 97.9 Å². The molecule has 0 atom stereocenters. The lowest BCUT2D eigenvalue weighted by atomic mass is 9.83. The molecular weight excluding hydrogens is 308 g/mol. The van der Waals surface area contributed by atoms with Crippen molar-refractivity contribution in [3.8, 4) is 0 Å². The predicted octanol–water partition coefficient (Wildman–Crippen LogP) is 5.13. The van der Waals surface area contributed by atoms with Crippen LogP contribution in [-0.4, -0.2) is 5.97 Å². The molecule has 2 heteroatoms. The number of hydrogen-bond donors (Lipinski definition) is 0. The predicted molar refractivity (Wildman–Crippen MR) is 100 cm³/mol. The zero-order chi connectivity index (χ0) is 17.5. The first-order chi connectivity index (χ1) is 12.2. The molecule has 3 aromatic carbocycles. The van der Waals surface area contributed by atoms with Crippen LogP contribution in [0, 0.1) is 0 Å². The molecule has 3 rings (SSSR count). The monoisotopic (exact) mass is 330 g/mol. The zero-order valence-corrected chi connectivity index (χ0v) is 14.4. The summed E-state index contributed by atoms with van der Waals surface area (Å²) < 4.78 is 6.12. The molecule has 0 spiro atoms. The molecule has 0 radical (unpaired) electrons. The van der Waals surface area contributed by atoms with Gasteiger partial charge in [-0.2, -0.15) is 0 Å². The van der Waals surface area contributed by atoms with Gasteiger partial charge in [0, 0.05) is 11.1 Å². The van der Waals surface area contributed by atoms with Gasteiger partial charge in [-0.15, -0.1) is 0 Å². The average molecular weight is 330 g/mol. The van der Waals surface area contributed by atoms with Crippen LogP contribution >= 0.6 is 0 Å². The van der Waals surface area contributed by atoms with Crippen LogP contribution < -0.4 is 0 Å². The fourth-order valence-electron chi connectivity index (χ4n) is 3.17. The Bertz CT molecular complexity index is 756. The maximum Gasteiger partial charge on any atom is 0.311 e. The minimum atomic E-state index is -0.769. The second-order valence-corrected chi connectivity index (χ2v) is 6.05. The summed E-state index contributed by atoms with van der Waals surface area (Å²) in [6, 6.07) is 29.6. The van der Waals surface area contributed by atoms with E-state index in [1.165, 1.54) is 0 Å². The first kappa shape index (κ1) is 17.0. The van der Waals surface area contributed by atoms with Crippen molar-refractivity contribution in [2.75, 3.05) is 0 Å². The van der Waals surface area contributed by atoms with Gasteiger partial charge in [0.05, 0.1) is 6.42 Å². The fourth-order valence-corrected chi connectivity index (χ4v) is 3.17. The van der Waals surface area contributed by atoms with Crippen molar-refractivity contribution in [2.45, 2.75) is 25.4 Å². The molecule has 0 aliphatic rings. The van der Waals surface area contributed by atoms with Crippen molar-refractivity contribution < 1.29 is 9.53 Å². The van der Waals surface area contributed by atoms with Gasteiger partial charge in [-0.05, 0) is 12.0 Å². The molecule has 0 aliphatic carbocycles. The van der Waals surface area contributed by atoms with Crippen LogP contribution in [0.1, 0.15) is 30.0 Å². The van der Waals surface area contributed by atoms with E-state index in [0.717, 1.165) is 16.7 Å². The van der Waals surface area contributed by atoms with Crippen LogP contribution in [0.3, 0.4) is 0 Å². The van der Waals surface area contributed by atoms with Gasteiger partial charge < -0.3 is 4.74 Å². The number of rotatable bonds is 6. The summed E-state index contributed by atoms with van der Waals surface area (Å²) in [4.78, 5) is 12.7. The van der Waals surface area contributed by atoms with Gasteiger partial charge in [0.1, 0.15) is 0 Å². The third kappa shape index (κ3) is 3.80. The van der Waals surface area contributed by atoms with Gasteiger partial charge in [0.15, 0.2) is 5.60 Å². The number of carbonyl (C=O) groups is 1. The third-order valence-corrected chi connectivity index (χ3v) is 4.46. The second-order valence-electron chi connectivity index (χ2n) is 6.05. The molecule has 0 fully saturated rings. The van der Waals surface area contributed by atoms with Crippen molar-refractivity contribution >= 4 is 5.97 Å². The zero-order valence-electron chi connectivity index (χ0n) is 14.4. The lowest BCUT2D eigenvalue weighted by Crippen LogP contribution is -2.33. The van der Waals surface area contributed by atoms with Crippen LogP contribution in [0.4, 0.5) is 0 Å². The first-order valence-electron chi connectivity index (χ1n) is 8.61. The Morgan fingerprint density at radius 3 is 1.64 bits per heavy atom. The van der Waals surface area contributed by atoms with Gasteiger partial charge in [0.25, 0.3) is 0 Å². The average Bonchev–Trinajstić information content (AvgIpc) is 2.68. The van der Waals surface area contributed by atoms with E-state index in [2.05, 4.69) is 6.92 Å². The summed E-state index contributed by atoms with van der Waals surface area (Å²) in [5, 5.41) is 0. The van der Waals surface area contributed by atoms with Crippen molar-refractivity contribution in [1.82, 2.24) is 0 Å². The maximum absolute atomic E-state index is 12.7. The van der Waals surface area contributed by atoms with E-state index in [4.69, 9.17) is 4.74 Å². The number of carbonyl (C=O) groups excluding carboxylic acids is 1. The highest BCUT2D eigenvalue weighted by molar-refractivity contribution is 5.73. The van der Waals surface area contributed by atoms with Gasteiger partial charge in [0.2, 0.25) is 0 Å². The van der Waals surface area contributed by atoms with Crippen molar-refractivity contribution in [2.24, 2.45) is 0 Å². The summed E-state index contributed by atoms with van der Waals surface area (Å²) in [6.45, 7) is 2.05. The Labute approximate surface area is 149 Å². The van der Waals surface area contributed by atoms with E-state index in [1.54, 1.807) is 0 Å². The van der Waals surface area contributed by atoms with Crippen LogP contribution in [-0.2, 0) is 21.6 Å². The molecular formula is C23H22O2. The molecule has 0 heterocycles. The second kappa shape index (κ2) is 7.80. The summed E-state index contributed by atoms with van der Waals surface area (Å²) in [5.74, 6) is -0.222. The molecule has 0 bridgehead atoms. The molecule has 0 aliphatic heterocycles. The highest BCUT2D eigenvalue weighted by Crippen LogP contribution is 2.37. The van der Waals surface area contributed by atoms with Gasteiger partial charge >= 0.3 is 5.97 Å². The molecule has 25 heavy (non-hydrogen) atoms. The Morgan fingerprint density at radius 1 is 0.760 bits per heavy atom. The molecule has 0 aromatic heterocycles. The smallest absolute Gasteiger partial charge is 0.311 e. The molecule has 3 aromatic rings. The largest absolute Gasteiger partial charge is 0.449 e. The maximum atomic E-state index is 12.7. The SMILES string of the molecule is CCC(OC(=O)Cc1ccccc1)(c1ccccc1)c1ccccc1. The molecule has 0 N–H and O–H groups in total. The van der Waals surface area contributed by atoms with E-state index in [1.807, 2.05) is 91.0 Å². The molecule has 0 saturated carbocycles. The number of ether oxygens (including phenoxy) is 1. The fraction of sp³-hybridized carbons (Fsp3) is 0.174. The summed E-state index contributed by atoms with van der Waals surface area (Å²) in [6.07, 6.45) is 0.934. The number of benzene rings is 3. The summed E-state index contributed by atoms with van der Waals surface area (Å²) >= 11 is 0. The van der Waals surface area contributed by atoms with Crippen molar-refractivity contribution in [1.29, 1.82) is 0 Å². The van der Waals surface area contributed by atoms with Crippen LogP contribution in [0.25, 0.3) is 0 Å². The molecule has 2 nitrogen and oxygen atoms in total. The standard InChI is InChI=1S/C23H22O2/c1-2-23(20-14-8-4-9-15-20,21-16-10-5-11-17-21)25-22(24)18-19-12-6-3-7-13-19/h3-17H,2,18H2,1H3. The first-order valence-corrected chi connectivity index (χ1v) is 8.61. The quantitative estimate of drug-likeness (QED) is 0.586.